The fraction of sp³-hybridized carbons (Fsp3) is 0.208. The van der Waals surface area contributed by atoms with Crippen LogP contribution in [0.4, 0.5) is 0 Å². The van der Waals surface area contributed by atoms with Gasteiger partial charge in [-0.2, -0.15) is 0 Å². The van der Waals surface area contributed by atoms with Gasteiger partial charge in [0, 0.05) is 29.2 Å². The van der Waals surface area contributed by atoms with Crippen molar-refractivity contribution < 1.29 is 0 Å². The average Bonchev–Trinajstić information content (AvgIpc) is 3.10. The Labute approximate surface area is 168 Å². The Hall–Kier alpha value is -2.64. The summed E-state index contributed by atoms with van der Waals surface area (Å²) in [6, 6.07) is 15.4. The van der Waals surface area contributed by atoms with E-state index in [0.717, 1.165) is 38.5 Å². The molecule has 0 radical (unpaired) electrons. The largest absolute Gasteiger partial charge is 0.385 e. The highest BCUT2D eigenvalue weighted by molar-refractivity contribution is 7.47. The first-order chi connectivity index (χ1) is 13.6. The highest BCUT2D eigenvalue weighted by Gasteiger charge is 2.15. The number of benzene rings is 2. The van der Waals surface area contributed by atoms with Gasteiger partial charge in [-0.3, -0.25) is 0 Å². The van der Waals surface area contributed by atoms with E-state index in [-0.39, 0.29) is 0 Å². The molecule has 0 saturated carbocycles. The van der Waals surface area contributed by atoms with Crippen LogP contribution in [0.1, 0.15) is 24.5 Å². The van der Waals surface area contributed by atoms with Gasteiger partial charge in [0.1, 0.15) is 5.65 Å². The second-order valence-corrected chi connectivity index (χ2v) is 8.22. The van der Waals surface area contributed by atoms with Gasteiger partial charge < -0.3 is 10.3 Å². The van der Waals surface area contributed by atoms with Crippen molar-refractivity contribution in [3.05, 3.63) is 66.4 Å². The van der Waals surface area contributed by atoms with Crippen LogP contribution in [0.2, 0.25) is 0 Å². The van der Waals surface area contributed by atoms with Crippen molar-refractivity contribution >= 4 is 41.5 Å². The molecule has 28 heavy (non-hydrogen) atoms. The summed E-state index contributed by atoms with van der Waals surface area (Å²) in [5, 5.41) is 7.21. The Kier molecular flexibility index (Phi) is 5.19. The SMILES string of the molecule is C=C(NCCC)c1cccc(-c2ccc(PC)c3[nH]c4ncc(C)cc4c23)c1. The summed E-state index contributed by atoms with van der Waals surface area (Å²) < 4.78 is 0. The molecule has 0 aliphatic heterocycles. The monoisotopic (exact) mass is 387 g/mol. The number of H-pyrrole nitrogens is 1. The van der Waals surface area contributed by atoms with Crippen LogP contribution in [0.5, 0.6) is 0 Å². The maximum atomic E-state index is 4.63. The van der Waals surface area contributed by atoms with Crippen molar-refractivity contribution in [2.24, 2.45) is 0 Å². The molecule has 4 heteroatoms. The van der Waals surface area contributed by atoms with Crippen molar-refractivity contribution in [2.45, 2.75) is 20.3 Å². The number of nitrogens with one attached hydrogen (secondary N) is 2. The number of aromatic nitrogens is 2. The summed E-state index contributed by atoms with van der Waals surface area (Å²) in [5.41, 5.74) is 7.89. The Morgan fingerprint density at radius 2 is 2.07 bits per heavy atom. The van der Waals surface area contributed by atoms with E-state index >= 15 is 0 Å². The fourth-order valence-corrected chi connectivity index (χ4v) is 4.38. The standard InChI is InChI=1S/C24H26N3P/c1-5-11-25-16(3)17-7-6-8-18(13-17)19-9-10-21(28-4)23-22(19)20-12-15(2)14-26-24(20)27-23/h6-10,12-14,25,28H,3,5,11H2,1-2,4H3,(H,26,27). The second-order valence-electron chi connectivity index (χ2n) is 7.18. The van der Waals surface area contributed by atoms with E-state index in [2.05, 4.69) is 84.8 Å². The van der Waals surface area contributed by atoms with Crippen molar-refractivity contribution in [3.63, 3.8) is 0 Å². The summed E-state index contributed by atoms with van der Waals surface area (Å²) in [7, 11) is 0.730. The molecule has 0 spiro atoms. The number of pyridine rings is 1. The molecule has 0 fully saturated rings. The predicted octanol–water partition coefficient (Wildman–Crippen LogP) is 5.60. The molecule has 4 rings (SSSR count). The van der Waals surface area contributed by atoms with Crippen LogP contribution in [0.25, 0.3) is 38.8 Å². The zero-order chi connectivity index (χ0) is 19.7. The van der Waals surface area contributed by atoms with Crippen LogP contribution < -0.4 is 10.6 Å². The average molecular weight is 387 g/mol. The van der Waals surface area contributed by atoms with Gasteiger partial charge in [0.2, 0.25) is 0 Å². The van der Waals surface area contributed by atoms with E-state index in [0.29, 0.717) is 0 Å². The quantitative estimate of drug-likeness (QED) is 0.423. The zero-order valence-corrected chi connectivity index (χ0v) is 17.7. The summed E-state index contributed by atoms with van der Waals surface area (Å²) in [5.74, 6) is 0. The van der Waals surface area contributed by atoms with Gasteiger partial charge in [-0.1, -0.05) is 52.4 Å². The van der Waals surface area contributed by atoms with Crippen LogP contribution in [-0.4, -0.2) is 23.2 Å². The Morgan fingerprint density at radius 1 is 1.21 bits per heavy atom. The smallest absolute Gasteiger partial charge is 0.138 e. The minimum Gasteiger partial charge on any atom is -0.385 e. The molecule has 0 aliphatic carbocycles. The van der Waals surface area contributed by atoms with E-state index in [4.69, 9.17) is 0 Å². The number of fused-ring (bicyclic) bond motifs is 3. The Morgan fingerprint density at radius 3 is 2.86 bits per heavy atom. The molecule has 0 bridgehead atoms. The Bertz CT molecular complexity index is 1170. The van der Waals surface area contributed by atoms with Gasteiger partial charge in [-0.15, -0.1) is 0 Å². The molecule has 142 valence electrons. The summed E-state index contributed by atoms with van der Waals surface area (Å²) in [4.78, 5) is 8.20. The highest BCUT2D eigenvalue weighted by atomic mass is 31.1. The van der Waals surface area contributed by atoms with E-state index in [1.54, 1.807) is 0 Å². The van der Waals surface area contributed by atoms with Crippen molar-refractivity contribution in [1.29, 1.82) is 0 Å². The predicted molar refractivity (Wildman–Crippen MR) is 125 cm³/mol. The molecular formula is C24H26N3P. The molecule has 1 unspecified atom stereocenters. The lowest BCUT2D eigenvalue weighted by atomic mass is 9.97. The molecular weight excluding hydrogens is 361 g/mol. The minimum absolute atomic E-state index is 0.730. The summed E-state index contributed by atoms with van der Waals surface area (Å²) >= 11 is 0. The molecule has 0 amide bonds. The topological polar surface area (TPSA) is 40.7 Å². The molecule has 0 saturated heterocycles. The van der Waals surface area contributed by atoms with Gasteiger partial charge in [0.15, 0.2) is 0 Å². The third-order valence-electron chi connectivity index (χ3n) is 5.12. The fourth-order valence-electron chi connectivity index (χ4n) is 3.69. The van der Waals surface area contributed by atoms with E-state index in [9.17, 15) is 0 Å². The molecule has 2 aromatic heterocycles. The normalized spacial score (nSPS) is 11.7. The molecule has 0 aliphatic rings. The first-order valence-corrected chi connectivity index (χ1v) is 11.2. The van der Waals surface area contributed by atoms with Crippen molar-refractivity contribution in [1.82, 2.24) is 15.3 Å². The molecule has 2 aromatic carbocycles. The maximum Gasteiger partial charge on any atom is 0.138 e. The molecule has 1 atom stereocenters. The molecule has 4 aromatic rings. The maximum absolute atomic E-state index is 4.63. The van der Waals surface area contributed by atoms with Gasteiger partial charge in [0.25, 0.3) is 0 Å². The van der Waals surface area contributed by atoms with Crippen LogP contribution >= 0.6 is 8.58 Å². The number of hydrogen-bond acceptors (Lipinski definition) is 2. The lowest BCUT2D eigenvalue weighted by Gasteiger charge is -2.12. The van der Waals surface area contributed by atoms with E-state index < -0.39 is 0 Å². The number of aryl methyl sites for hydroxylation is 1. The van der Waals surface area contributed by atoms with Gasteiger partial charge in [0.05, 0.1) is 5.52 Å². The number of aromatic amines is 1. The second kappa shape index (κ2) is 7.77. The first kappa shape index (κ1) is 18.7. The van der Waals surface area contributed by atoms with Gasteiger partial charge in [-0.05, 0) is 59.7 Å². The third-order valence-corrected chi connectivity index (χ3v) is 6.08. The molecule has 2 N–H and O–H groups in total. The van der Waals surface area contributed by atoms with Crippen LogP contribution in [-0.2, 0) is 0 Å². The van der Waals surface area contributed by atoms with Gasteiger partial charge in [-0.25, -0.2) is 4.98 Å². The van der Waals surface area contributed by atoms with Crippen molar-refractivity contribution in [3.8, 4) is 11.1 Å². The number of rotatable bonds is 6. The summed E-state index contributed by atoms with van der Waals surface area (Å²) in [6.45, 7) is 11.6. The van der Waals surface area contributed by atoms with E-state index in [1.165, 1.54) is 38.3 Å². The summed E-state index contributed by atoms with van der Waals surface area (Å²) in [6.07, 6.45) is 3.01. The minimum atomic E-state index is 0.730. The van der Waals surface area contributed by atoms with E-state index in [1.807, 2.05) is 6.20 Å². The van der Waals surface area contributed by atoms with Crippen LogP contribution in [0.15, 0.2) is 55.2 Å². The Balaban J connectivity index is 1.93. The highest BCUT2D eigenvalue weighted by Crippen LogP contribution is 2.35. The van der Waals surface area contributed by atoms with Gasteiger partial charge >= 0.3 is 0 Å². The molecule has 3 nitrogen and oxygen atoms in total. The molecule has 2 heterocycles. The first-order valence-electron chi connectivity index (χ1n) is 9.74. The van der Waals surface area contributed by atoms with Crippen LogP contribution in [0, 0.1) is 6.92 Å². The lowest BCUT2D eigenvalue weighted by Crippen LogP contribution is -2.11. The number of hydrogen-bond donors (Lipinski definition) is 2. The number of nitrogens with zero attached hydrogens (tertiary/aromatic N) is 1. The zero-order valence-electron chi connectivity index (χ0n) is 16.7. The van der Waals surface area contributed by atoms with Crippen molar-refractivity contribution in [2.75, 3.05) is 13.2 Å². The van der Waals surface area contributed by atoms with Crippen LogP contribution in [0.3, 0.4) is 0 Å². The third kappa shape index (κ3) is 3.31. The lowest BCUT2D eigenvalue weighted by molar-refractivity contribution is 0.825.